The van der Waals surface area contributed by atoms with E-state index in [1.54, 1.807) is 13.0 Å². The average Bonchev–Trinajstić information content (AvgIpc) is 3.16. The highest BCUT2D eigenvalue weighted by Gasteiger charge is 2.43. The molecule has 3 N–H and O–H groups in total. The molecule has 1 saturated carbocycles. The first-order valence-electron chi connectivity index (χ1n) is 12.1. The minimum Gasteiger partial charge on any atom is -0.480 e. The van der Waals surface area contributed by atoms with Crippen LogP contribution in [0.4, 0.5) is 4.79 Å². The second-order valence-corrected chi connectivity index (χ2v) is 9.64. The van der Waals surface area contributed by atoms with Gasteiger partial charge in [0.15, 0.2) is 0 Å². The van der Waals surface area contributed by atoms with Crippen molar-refractivity contribution < 1.29 is 24.2 Å². The summed E-state index contributed by atoms with van der Waals surface area (Å²) >= 11 is 0. The average molecular weight is 477 g/mol. The fourth-order valence-electron chi connectivity index (χ4n) is 5.26. The third-order valence-electron chi connectivity index (χ3n) is 7.12. The molecule has 0 bridgehead atoms. The number of carboxylic acid groups (broad SMARTS) is 1. The van der Waals surface area contributed by atoms with Crippen LogP contribution in [-0.2, 0) is 14.3 Å². The molecular weight excluding hydrogens is 444 g/mol. The highest BCUT2D eigenvalue weighted by molar-refractivity contribution is 5.97. The number of nitrogens with one attached hydrogen (secondary N) is 2. The predicted octanol–water partition coefficient (Wildman–Crippen LogP) is 4.62. The van der Waals surface area contributed by atoms with Crippen LogP contribution in [0.1, 0.15) is 56.6 Å². The van der Waals surface area contributed by atoms with Gasteiger partial charge in [0.05, 0.1) is 0 Å². The second-order valence-electron chi connectivity index (χ2n) is 9.64. The number of rotatable bonds is 7. The molecule has 0 radical (unpaired) electrons. The third kappa shape index (κ3) is 5.24. The number of carboxylic acids is 1. The van der Waals surface area contributed by atoms with Crippen LogP contribution >= 0.6 is 0 Å². The highest BCUT2D eigenvalue weighted by atomic mass is 16.5. The van der Waals surface area contributed by atoms with Crippen molar-refractivity contribution in [3.05, 3.63) is 71.3 Å². The first-order chi connectivity index (χ1) is 16.8. The largest absolute Gasteiger partial charge is 0.480 e. The molecule has 2 unspecified atom stereocenters. The Balaban J connectivity index is 1.30. The number of hydrogen-bond acceptors (Lipinski definition) is 4. The van der Waals surface area contributed by atoms with E-state index >= 15 is 0 Å². The summed E-state index contributed by atoms with van der Waals surface area (Å²) < 4.78 is 5.51. The van der Waals surface area contributed by atoms with Crippen LogP contribution in [0.5, 0.6) is 0 Å². The third-order valence-corrected chi connectivity index (χ3v) is 7.12. The van der Waals surface area contributed by atoms with Gasteiger partial charge in [0.1, 0.15) is 12.1 Å². The Morgan fingerprint density at radius 1 is 1.09 bits per heavy atom. The van der Waals surface area contributed by atoms with Gasteiger partial charge in [0, 0.05) is 18.0 Å². The maximum Gasteiger partial charge on any atom is 0.407 e. The van der Waals surface area contributed by atoms with Crippen LogP contribution in [0.25, 0.3) is 11.1 Å². The van der Waals surface area contributed by atoms with E-state index in [4.69, 9.17) is 4.74 Å². The van der Waals surface area contributed by atoms with Gasteiger partial charge in [-0.3, -0.25) is 4.79 Å². The van der Waals surface area contributed by atoms with Gasteiger partial charge in [-0.05, 0) is 47.9 Å². The number of hydrogen-bond donors (Lipinski definition) is 3. The van der Waals surface area contributed by atoms with Crippen molar-refractivity contribution in [1.29, 1.82) is 0 Å². The molecule has 0 saturated heterocycles. The van der Waals surface area contributed by atoms with E-state index in [2.05, 4.69) is 34.9 Å². The fourth-order valence-corrected chi connectivity index (χ4v) is 5.26. The summed E-state index contributed by atoms with van der Waals surface area (Å²) in [5, 5.41) is 15.1. The molecule has 184 valence electrons. The van der Waals surface area contributed by atoms with Crippen LogP contribution in [0.3, 0.4) is 0 Å². The van der Waals surface area contributed by atoms with Crippen molar-refractivity contribution in [3.63, 3.8) is 0 Å². The lowest BCUT2D eigenvalue weighted by Crippen LogP contribution is -2.57. The van der Waals surface area contributed by atoms with Crippen LogP contribution in [0, 0.1) is 5.92 Å². The van der Waals surface area contributed by atoms with Crippen LogP contribution < -0.4 is 10.6 Å². The van der Waals surface area contributed by atoms with Gasteiger partial charge in [-0.15, -0.1) is 0 Å². The first kappa shape index (κ1) is 24.5. The first-order valence-corrected chi connectivity index (χ1v) is 12.1. The van der Waals surface area contributed by atoms with E-state index in [9.17, 15) is 19.5 Å². The Kier molecular flexibility index (Phi) is 7.24. The molecule has 4 rings (SSSR count). The lowest BCUT2D eigenvalue weighted by Gasteiger charge is -2.37. The maximum absolute atomic E-state index is 12.7. The van der Waals surface area contributed by atoms with Gasteiger partial charge in [0.2, 0.25) is 5.91 Å². The standard InChI is InChI=1S/C28H32N2O5/c1-18-8-7-14-28(16-18,26(32)33)30-25(31)19(2)13-15-29-27(34)35-17-24-22-11-5-3-9-20(22)21-10-4-6-12-23(21)24/h3-6,9-13,18,24H,7-8,14-17H2,1-2H3,(H,29,34)(H,30,31)(H,32,33)/b19-13+. The second kappa shape index (κ2) is 10.3. The number of alkyl carbamates (subject to hydrolysis) is 1. The number of amides is 2. The molecule has 7 heteroatoms. The van der Waals surface area contributed by atoms with E-state index in [1.165, 1.54) is 0 Å². The summed E-state index contributed by atoms with van der Waals surface area (Å²) in [6.07, 6.45) is 3.56. The summed E-state index contributed by atoms with van der Waals surface area (Å²) in [5.41, 5.74) is 3.71. The molecule has 2 aliphatic carbocycles. The molecule has 0 aliphatic heterocycles. The number of ether oxygens (including phenoxy) is 1. The number of benzene rings is 2. The summed E-state index contributed by atoms with van der Waals surface area (Å²) in [6, 6.07) is 16.3. The molecular formula is C28H32N2O5. The van der Waals surface area contributed by atoms with E-state index in [-0.39, 0.29) is 25.0 Å². The van der Waals surface area contributed by atoms with E-state index in [0.717, 1.165) is 35.1 Å². The van der Waals surface area contributed by atoms with Gasteiger partial charge in [-0.1, -0.05) is 74.4 Å². The Labute approximate surface area is 205 Å². The molecule has 2 atom stereocenters. The summed E-state index contributed by atoms with van der Waals surface area (Å²) in [7, 11) is 0. The normalized spacial score (nSPS) is 21.5. The van der Waals surface area contributed by atoms with Crippen molar-refractivity contribution >= 4 is 18.0 Å². The predicted molar refractivity (Wildman–Crippen MR) is 133 cm³/mol. The Morgan fingerprint density at radius 2 is 1.71 bits per heavy atom. The zero-order valence-corrected chi connectivity index (χ0v) is 20.2. The minimum absolute atomic E-state index is 0.0266. The lowest BCUT2D eigenvalue weighted by atomic mass is 9.76. The zero-order valence-electron chi connectivity index (χ0n) is 20.2. The Hall–Kier alpha value is -3.61. The smallest absolute Gasteiger partial charge is 0.407 e. The molecule has 7 nitrogen and oxygen atoms in total. The molecule has 2 aromatic carbocycles. The van der Waals surface area contributed by atoms with Gasteiger partial charge >= 0.3 is 12.1 Å². The molecule has 0 spiro atoms. The van der Waals surface area contributed by atoms with Crippen molar-refractivity contribution in [3.8, 4) is 11.1 Å². The number of fused-ring (bicyclic) bond motifs is 3. The Bertz CT molecular complexity index is 1110. The van der Waals surface area contributed by atoms with E-state index < -0.39 is 23.5 Å². The van der Waals surface area contributed by atoms with E-state index in [0.29, 0.717) is 18.4 Å². The lowest BCUT2D eigenvalue weighted by molar-refractivity contribution is -0.149. The number of carbonyl (C=O) groups is 3. The van der Waals surface area contributed by atoms with Crippen molar-refractivity contribution in [2.24, 2.45) is 5.92 Å². The van der Waals surface area contributed by atoms with Gasteiger partial charge in [0.25, 0.3) is 0 Å². The van der Waals surface area contributed by atoms with Crippen LogP contribution in [-0.4, -0.2) is 41.8 Å². The van der Waals surface area contributed by atoms with Gasteiger partial charge in [-0.2, -0.15) is 0 Å². The summed E-state index contributed by atoms with van der Waals surface area (Å²) in [6.45, 7) is 3.93. The zero-order chi connectivity index (χ0) is 25.0. The molecule has 2 aliphatic rings. The number of carbonyl (C=O) groups excluding carboxylic acids is 2. The Morgan fingerprint density at radius 3 is 2.31 bits per heavy atom. The van der Waals surface area contributed by atoms with Gasteiger partial charge < -0.3 is 20.5 Å². The monoisotopic (exact) mass is 476 g/mol. The highest BCUT2D eigenvalue weighted by Crippen LogP contribution is 2.44. The molecule has 0 heterocycles. The van der Waals surface area contributed by atoms with Crippen LogP contribution in [0.15, 0.2) is 60.2 Å². The summed E-state index contributed by atoms with van der Waals surface area (Å²) in [4.78, 5) is 36.9. The van der Waals surface area contributed by atoms with Gasteiger partial charge in [-0.25, -0.2) is 9.59 Å². The molecule has 2 amide bonds. The quantitative estimate of drug-likeness (QED) is 0.506. The van der Waals surface area contributed by atoms with Crippen molar-refractivity contribution in [2.75, 3.05) is 13.2 Å². The van der Waals surface area contributed by atoms with Crippen molar-refractivity contribution in [2.45, 2.75) is 51.0 Å². The van der Waals surface area contributed by atoms with Crippen molar-refractivity contribution in [1.82, 2.24) is 10.6 Å². The maximum atomic E-state index is 12.7. The minimum atomic E-state index is -1.23. The SMILES string of the molecule is C/C(=C\CNC(=O)OCC1c2ccccc2-c2ccccc21)C(=O)NC1(C(=O)O)CCCC(C)C1. The summed E-state index contributed by atoms with van der Waals surface area (Å²) in [5.74, 6) is -1.22. The van der Waals surface area contributed by atoms with Crippen LogP contribution in [0.2, 0.25) is 0 Å². The molecule has 0 aromatic heterocycles. The topological polar surface area (TPSA) is 105 Å². The molecule has 2 aromatic rings. The molecule has 1 fully saturated rings. The fraction of sp³-hybridized carbons (Fsp3) is 0.393. The van der Waals surface area contributed by atoms with E-state index in [1.807, 2.05) is 31.2 Å². The number of aliphatic carboxylic acids is 1. The molecule has 35 heavy (non-hydrogen) atoms.